The Hall–Kier alpha value is -1.93. The second-order valence-electron chi connectivity index (χ2n) is 3.00. The molecular weight excluding hydrogens is 268 g/mol. The number of nitrogens with one attached hydrogen (secondary N) is 1. The van der Waals surface area contributed by atoms with E-state index in [9.17, 15) is 0 Å². The van der Waals surface area contributed by atoms with Crippen LogP contribution in [0.2, 0.25) is 0 Å². The number of hydrogen-bond donors (Lipinski definition) is 1. The van der Waals surface area contributed by atoms with E-state index in [0.717, 1.165) is 10.2 Å². The third-order valence-corrected chi connectivity index (χ3v) is 2.44. The Balaban J connectivity index is 2.27. The minimum absolute atomic E-state index is 0.283. The molecule has 5 heteroatoms. The number of halogens is 1. The van der Waals surface area contributed by atoms with Gasteiger partial charge in [-0.1, -0.05) is 15.9 Å². The molecule has 1 N–H and O–H groups in total. The van der Waals surface area contributed by atoms with Gasteiger partial charge in [-0.25, -0.2) is 9.97 Å². The molecule has 2 aromatic rings. The van der Waals surface area contributed by atoms with E-state index in [0.29, 0.717) is 5.82 Å². The summed E-state index contributed by atoms with van der Waals surface area (Å²) in [6.45, 7) is 0. The van der Waals surface area contributed by atoms with Crippen molar-refractivity contribution < 1.29 is 0 Å². The quantitative estimate of drug-likeness (QED) is 0.915. The third-order valence-electron chi connectivity index (χ3n) is 1.91. The molecule has 0 aliphatic heterocycles. The van der Waals surface area contributed by atoms with Crippen molar-refractivity contribution in [2.24, 2.45) is 0 Å². The highest BCUT2D eigenvalue weighted by Gasteiger charge is 2.03. The maximum atomic E-state index is 8.84. The fourth-order valence-electron chi connectivity index (χ4n) is 1.18. The Morgan fingerprint density at radius 2 is 1.81 bits per heavy atom. The van der Waals surface area contributed by atoms with Gasteiger partial charge in [-0.15, -0.1) is 0 Å². The van der Waals surface area contributed by atoms with Gasteiger partial charge in [0.25, 0.3) is 0 Å². The molecule has 0 spiro atoms. The van der Waals surface area contributed by atoms with E-state index < -0.39 is 0 Å². The number of nitrogens with zero attached hydrogens (tertiary/aromatic N) is 3. The number of aromatic nitrogens is 2. The van der Waals surface area contributed by atoms with Crippen LogP contribution >= 0.6 is 15.9 Å². The fraction of sp³-hybridized carbons (Fsp3) is 0. The molecule has 0 saturated heterocycles. The average molecular weight is 275 g/mol. The van der Waals surface area contributed by atoms with Crippen molar-refractivity contribution in [2.75, 3.05) is 5.32 Å². The highest BCUT2D eigenvalue weighted by Crippen LogP contribution is 2.18. The average Bonchev–Trinajstić information content (AvgIpc) is 2.33. The van der Waals surface area contributed by atoms with Crippen molar-refractivity contribution in [3.8, 4) is 6.07 Å². The highest BCUT2D eigenvalue weighted by molar-refractivity contribution is 9.10. The molecule has 78 valence electrons. The molecule has 1 aromatic heterocycles. The van der Waals surface area contributed by atoms with Gasteiger partial charge in [-0.2, -0.15) is 5.26 Å². The summed E-state index contributed by atoms with van der Waals surface area (Å²) in [5.41, 5.74) is 1.14. The summed E-state index contributed by atoms with van der Waals surface area (Å²) < 4.78 is 0.998. The summed E-state index contributed by atoms with van der Waals surface area (Å²) in [5.74, 6) is 0.465. The Kier molecular flexibility index (Phi) is 3.13. The first-order valence-corrected chi connectivity index (χ1v) is 5.32. The van der Waals surface area contributed by atoms with E-state index in [1.807, 2.05) is 30.3 Å². The van der Waals surface area contributed by atoms with Crippen molar-refractivity contribution in [1.29, 1.82) is 5.26 Å². The topological polar surface area (TPSA) is 61.6 Å². The highest BCUT2D eigenvalue weighted by atomic mass is 79.9. The molecule has 1 heterocycles. The van der Waals surface area contributed by atoms with Gasteiger partial charge in [-0.3, -0.25) is 0 Å². The van der Waals surface area contributed by atoms with Crippen molar-refractivity contribution in [3.63, 3.8) is 0 Å². The molecule has 0 fully saturated rings. The van der Waals surface area contributed by atoms with E-state index in [1.165, 1.54) is 6.20 Å². The molecule has 0 aliphatic rings. The number of hydrogen-bond acceptors (Lipinski definition) is 4. The van der Waals surface area contributed by atoms with Crippen molar-refractivity contribution in [1.82, 2.24) is 9.97 Å². The SMILES string of the molecule is N#Cc1nccnc1Nc1ccc(Br)cc1. The summed E-state index contributed by atoms with van der Waals surface area (Å²) in [6.07, 6.45) is 3.04. The van der Waals surface area contributed by atoms with E-state index >= 15 is 0 Å². The lowest BCUT2D eigenvalue weighted by atomic mass is 10.3. The second kappa shape index (κ2) is 4.73. The zero-order chi connectivity index (χ0) is 11.4. The Morgan fingerprint density at radius 3 is 2.50 bits per heavy atom. The molecule has 4 nitrogen and oxygen atoms in total. The predicted octanol–water partition coefficient (Wildman–Crippen LogP) is 2.85. The zero-order valence-electron chi connectivity index (χ0n) is 8.18. The first-order chi connectivity index (χ1) is 7.79. The summed E-state index contributed by atoms with van der Waals surface area (Å²) in [6, 6.07) is 9.57. The third kappa shape index (κ3) is 2.35. The van der Waals surface area contributed by atoms with E-state index in [-0.39, 0.29) is 5.69 Å². The molecular formula is C11H7BrN4. The van der Waals surface area contributed by atoms with Crippen molar-refractivity contribution >= 4 is 27.4 Å². The van der Waals surface area contributed by atoms with Crippen LogP contribution in [-0.2, 0) is 0 Å². The second-order valence-corrected chi connectivity index (χ2v) is 3.91. The molecule has 2 rings (SSSR count). The zero-order valence-corrected chi connectivity index (χ0v) is 9.77. The Bertz CT molecular complexity index is 530. The molecule has 16 heavy (non-hydrogen) atoms. The molecule has 0 radical (unpaired) electrons. The fourth-order valence-corrected chi connectivity index (χ4v) is 1.45. The van der Waals surface area contributed by atoms with Gasteiger partial charge in [0, 0.05) is 22.6 Å². The van der Waals surface area contributed by atoms with E-state index in [4.69, 9.17) is 5.26 Å². The van der Waals surface area contributed by atoms with Crippen LogP contribution in [0, 0.1) is 11.3 Å². The van der Waals surface area contributed by atoms with Gasteiger partial charge in [0.05, 0.1) is 0 Å². The van der Waals surface area contributed by atoms with Crippen LogP contribution in [0.15, 0.2) is 41.1 Å². The van der Waals surface area contributed by atoms with Crippen molar-refractivity contribution in [2.45, 2.75) is 0 Å². The summed E-state index contributed by atoms with van der Waals surface area (Å²) in [7, 11) is 0. The van der Waals surface area contributed by atoms with Crippen LogP contribution in [-0.4, -0.2) is 9.97 Å². The molecule has 0 saturated carbocycles. The largest absolute Gasteiger partial charge is 0.338 e. The normalized spacial score (nSPS) is 9.50. The minimum Gasteiger partial charge on any atom is -0.338 e. The smallest absolute Gasteiger partial charge is 0.183 e. The molecule has 0 bridgehead atoms. The van der Waals surface area contributed by atoms with Crippen LogP contribution in [0.4, 0.5) is 11.5 Å². The molecule has 0 aliphatic carbocycles. The van der Waals surface area contributed by atoms with Gasteiger partial charge >= 0.3 is 0 Å². The van der Waals surface area contributed by atoms with E-state index in [2.05, 4.69) is 31.2 Å². The Morgan fingerprint density at radius 1 is 1.12 bits per heavy atom. The lowest BCUT2D eigenvalue weighted by Crippen LogP contribution is -1.98. The van der Waals surface area contributed by atoms with E-state index in [1.54, 1.807) is 6.20 Å². The van der Waals surface area contributed by atoms with Crippen LogP contribution in [0.5, 0.6) is 0 Å². The van der Waals surface area contributed by atoms with Crippen LogP contribution in [0.1, 0.15) is 5.69 Å². The van der Waals surface area contributed by atoms with Gasteiger partial charge in [0.1, 0.15) is 6.07 Å². The maximum absolute atomic E-state index is 8.84. The number of anilines is 2. The van der Waals surface area contributed by atoms with Crippen LogP contribution in [0.25, 0.3) is 0 Å². The molecule has 0 unspecified atom stereocenters. The predicted molar refractivity (Wildman–Crippen MR) is 64.2 cm³/mol. The van der Waals surface area contributed by atoms with Crippen molar-refractivity contribution in [3.05, 3.63) is 46.8 Å². The molecule has 1 aromatic carbocycles. The summed E-state index contributed by atoms with van der Waals surface area (Å²) in [5, 5.41) is 11.9. The monoisotopic (exact) mass is 274 g/mol. The number of benzene rings is 1. The van der Waals surface area contributed by atoms with Crippen LogP contribution in [0.3, 0.4) is 0 Å². The summed E-state index contributed by atoms with van der Waals surface area (Å²) >= 11 is 3.35. The molecule has 0 atom stereocenters. The lowest BCUT2D eigenvalue weighted by Gasteiger charge is -2.05. The van der Waals surface area contributed by atoms with Gasteiger partial charge in [0.2, 0.25) is 0 Å². The number of nitriles is 1. The van der Waals surface area contributed by atoms with Gasteiger partial charge in [-0.05, 0) is 24.3 Å². The van der Waals surface area contributed by atoms with Crippen LogP contribution < -0.4 is 5.32 Å². The van der Waals surface area contributed by atoms with Gasteiger partial charge in [0.15, 0.2) is 11.5 Å². The summed E-state index contributed by atoms with van der Waals surface area (Å²) in [4.78, 5) is 7.97. The molecule has 0 amide bonds. The number of rotatable bonds is 2. The van der Waals surface area contributed by atoms with Gasteiger partial charge < -0.3 is 5.32 Å². The first kappa shape index (κ1) is 10.6. The minimum atomic E-state index is 0.283. The first-order valence-electron chi connectivity index (χ1n) is 4.53. The lowest BCUT2D eigenvalue weighted by molar-refractivity contribution is 1.16. The Labute approximate surface area is 101 Å². The maximum Gasteiger partial charge on any atom is 0.183 e. The standard InChI is InChI=1S/C11H7BrN4/c12-8-1-3-9(4-2-8)16-11-10(7-13)14-5-6-15-11/h1-6H,(H,15,16).